The first-order valence-electron chi connectivity index (χ1n) is 11.0. The summed E-state index contributed by atoms with van der Waals surface area (Å²) in [4.78, 5) is 21.4. The van der Waals surface area contributed by atoms with Gasteiger partial charge in [-0.05, 0) is 37.7 Å². The predicted molar refractivity (Wildman–Crippen MR) is 127 cm³/mol. The lowest BCUT2D eigenvalue weighted by Gasteiger charge is -2.34. The van der Waals surface area contributed by atoms with Gasteiger partial charge in [0.1, 0.15) is 16.9 Å². The highest BCUT2D eigenvalue weighted by Crippen LogP contribution is 2.34. The monoisotopic (exact) mass is 442 g/mol. The smallest absolute Gasteiger partial charge is 0.161 e. The Labute approximate surface area is 189 Å². The van der Waals surface area contributed by atoms with E-state index in [-0.39, 0.29) is 5.69 Å². The van der Waals surface area contributed by atoms with Gasteiger partial charge in [0.15, 0.2) is 11.6 Å². The summed E-state index contributed by atoms with van der Waals surface area (Å²) >= 11 is 0. The van der Waals surface area contributed by atoms with Crippen LogP contribution in [0.15, 0.2) is 42.9 Å². The van der Waals surface area contributed by atoms with Gasteiger partial charge < -0.3 is 14.8 Å². The molecule has 1 aliphatic rings. The zero-order valence-electron chi connectivity index (χ0n) is 18.4. The van der Waals surface area contributed by atoms with Crippen LogP contribution in [0.1, 0.15) is 5.56 Å². The largest absolute Gasteiger partial charge is 0.367 e. The molecule has 4 aromatic heterocycles. The van der Waals surface area contributed by atoms with E-state index in [1.165, 1.54) is 0 Å². The average Bonchev–Trinajstić information content (AvgIpc) is 3.45. The third-order valence-electron chi connectivity index (χ3n) is 6.40. The van der Waals surface area contributed by atoms with Crippen LogP contribution in [-0.2, 0) is 0 Å². The zero-order chi connectivity index (χ0) is 22.5. The summed E-state index contributed by atoms with van der Waals surface area (Å²) in [6.07, 6.45) is 4.93. The van der Waals surface area contributed by atoms with Crippen LogP contribution >= 0.6 is 0 Å². The van der Waals surface area contributed by atoms with Crippen molar-refractivity contribution in [2.75, 3.05) is 38.1 Å². The number of rotatable bonds is 3. The molecule has 8 nitrogen and oxygen atoms in total. The molecule has 0 spiro atoms. The maximum absolute atomic E-state index is 15.8. The number of nitrogens with one attached hydrogen (secondary N) is 2. The first kappa shape index (κ1) is 19.8. The first-order chi connectivity index (χ1) is 16.1. The lowest BCUT2D eigenvalue weighted by Crippen LogP contribution is -2.44. The van der Waals surface area contributed by atoms with E-state index in [1.807, 2.05) is 25.1 Å². The van der Waals surface area contributed by atoms with Gasteiger partial charge in [0.25, 0.3) is 0 Å². The fraction of sp³-hybridized carbons (Fsp3) is 0.250. The second-order valence-electron chi connectivity index (χ2n) is 8.52. The summed E-state index contributed by atoms with van der Waals surface area (Å²) < 4.78 is 15.8. The van der Waals surface area contributed by atoms with Gasteiger partial charge in [-0.25, -0.2) is 9.37 Å². The third kappa shape index (κ3) is 3.23. The van der Waals surface area contributed by atoms with Crippen molar-refractivity contribution in [2.45, 2.75) is 6.92 Å². The van der Waals surface area contributed by atoms with E-state index in [2.05, 4.69) is 48.1 Å². The van der Waals surface area contributed by atoms with E-state index in [1.54, 1.807) is 18.6 Å². The van der Waals surface area contributed by atoms with Crippen LogP contribution in [0.5, 0.6) is 0 Å². The van der Waals surface area contributed by atoms with Gasteiger partial charge in [0.05, 0.1) is 28.3 Å². The number of fused-ring (bicyclic) bond motifs is 2. The van der Waals surface area contributed by atoms with Crippen LogP contribution in [0.4, 0.5) is 10.1 Å². The number of H-pyrrole nitrogens is 2. The van der Waals surface area contributed by atoms with E-state index < -0.39 is 5.82 Å². The van der Waals surface area contributed by atoms with Crippen molar-refractivity contribution in [3.05, 3.63) is 54.2 Å². The van der Waals surface area contributed by atoms with Gasteiger partial charge >= 0.3 is 0 Å². The number of hydrogen-bond acceptors (Lipinski definition) is 6. The molecule has 1 aromatic carbocycles. The lowest BCUT2D eigenvalue weighted by atomic mass is 10.1. The standard InChI is InChI=1S/C24H23FN8/c1-14-6-7-26-12-15(14)21-20(25)19-17(13-27-21)30-31-23(19)24-28-16-4-3-5-18(22(16)29-24)33-10-8-32(2)9-11-33/h3-7,12-13H,8-11H2,1-2H3,(H,28,29)(H,30,31). The molecule has 1 saturated heterocycles. The molecule has 9 heteroatoms. The molecule has 1 aliphatic heterocycles. The average molecular weight is 443 g/mol. The minimum absolute atomic E-state index is 0.255. The van der Waals surface area contributed by atoms with E-state index in [4.69, 9.17) is 4.98 Å². The molecule has 0 unspecified atom stereocenters. The van der Waals surface area contributed by atoms with Gasteiger partial charge in [0, 0.05) is 44.1 Å². The molecule has 33 heavy (non-hydrogen) atoms. The number of pyridine rings is 2. The molecular formula is C24H23FN8. The Kier molecular flexibility index (Phi) is 4.58. The third-order valence-corrected chi connectivity index (χ3v) is 6.40. The number of benzene rings is 1. The van der Waals surface area contributed by atoms with Crippen molar-refractivity contribution in [1.29, 1.82) is 0 Å². The summed E-state index contributed by atoms with van der Waals surface area (Å²) in [5.41, 5.74) is 5.62. The van der Waals surface area contributed by atoms with Crippen molar-refractivity contribution >= 4 is 27.6 Å². The number of hydrogen-bond donors (Lipinski definition) is 2. The van der Waals surface area contributed by atoms with E-state index in [0.717, 1.165) is 48.5 Å². The fourth-order valence-electron chi connectivity index (χ4n) is 4.48. The van der Waals surface area contributed by atoms with E-state index in [0.29, 0.717) is 28.0 Å². The maximum atomic E-state index is 15.8. The number of aromatic nitrogens is 6. The minimum atomic E-state index is -0.438. The number of para-hydroxylation sites is 1. The summed E-state index contributed by atoms with van der Waals surface area (Å²) in [6, 6.07) is 7.95. The Balaban J connectivity index is 1.48. The van der Waals surface area contributed by atoms with Crippen molar-refractivity contribution in [3.8, 4) is 22.8 Å². The molecule has 0 radical (unpaired) electrons. The van der Waals surface area contributed by atoms with E-state index in [9.17, 15) is 0 Å². The number of imidazole rings is 1. The molecule has 5 aromatic rings. The highest BCUT2D eigenvalue weighted by Gasteiger charge is 2.23. The number of aryl methyl sites for hydroxylation is 1. The molecule has 0 saturated carbocycles. The molecule has 1 fully saturated rings. The topological polar surface area (TPSA) is 89.6 Å². The van der Waals surface area contributed by atoms with E-state index >= 15 is 4.39 Å². The Hall–Kier alpha value is -3.85. The summed E-state index contributed by atoms with van der Waals surface area (Å²) in [5, 5.41) is 7.66. The summed E-state index contributed by atoms with van der Waals surface area (Å²) in [7, 11) is 2.14. The fourth-order valence-corrected chi connectivity index (χ4v) is 4.48. The number of aromatic amines is 2. The lowest BCUT2D eigenvalue weighted by molar-refractivity contribution is 0.313. The zero-order valence-corrected chi connectivity index (χ0v) is 18.4. The highest BCUT2D eigenvalue weighted by atomic mass is 19.1. The number of piperazine rings is 1. The quantitative estimate of drug-likeness (QED) is 0.442. The highest BCUT2D eigenvalue weighted by molar-refractivity contribution is 5.97. The summed E-state index contributed by atoms with van der Waals surface area (Å²) in [5.74, 6) is 0.0869. The van der Waals surface area contributed by atoms with Crippen LogP contribution < -0.4 is 4.90 Å². The molecule has 6 rings (SSSR count). The van der Waals surface area contributed by atoms with Gasteiger partial charge in [-0.1, -0.05) is 6.07 Å². The van der Waals surface area contributed by atoms with Crippen LogP contribution in [-0.4, -0.2) is 68.3 Å². The normalized spacial score (nSPS) is 15.1. The van der Waals surface area contributed by atoms with Crippen LogP contribution in [0.3, 0.4) is 0 Å². The van der Waals surface area contributed by atoms with Crippen molar-refractivity contribution in [1.82, 2.24) is 35.0 Å². The molecule has 166 valence electrons. The molecule has 0 bridgehead atoms. The Morgan fingerprint density at radius 2 is 1.85 bits per heavy atom. The van der Waals surface area contributed by atoms with Crippen molar-refractivity contribution in [2.24, 2.45) is 0 Å². The van der Waals surface area contributed by atoms with Gasteiger partial charge in [-0.15, -0.1) is 0 Å². The molecule has 0 atom stereocenters. The summed E-state index contributed by atoms with van der Waals surface area (Å²) in [6.45, 7) is 5.81. The number of likely N-dealkylation sites (N-methyl/N-ethyl adjacent to an activating group) is 1. The Morgan fingerprint density at radius 1 is 1.00 bits per heavy atom. The van der Waals surface area contributed by atoms with Crippen LogP contribution in [0, 0.1) is 12.7 Å². The van der Waals surface area contributed by atoms with Gasteiger partial charge in [-0.2, -0.15) is 5.10 Å². The van der Waals surface area contributed by atoms with Crippen molar-refractivity contribution in [3.63, 3.8) is 0 Å². The number of halogens is 1. The Morgan fingerprint density at radius 3 is 2.67 bits per heavy atom. The predicted octanol–water partition coefficient (Wildman–Crippen LogP) is 3.76. The van der Waals surface area contributed by atoms with Gasteiger partial charge in [-0.3, -0.25) is 15.1 Å². The number of nitrogens with zero attached hydrogens (tertiary/aromatic N) is 6. The molecule has 2 N–H and O–H groups in total. The number of anilines is 1. The van der Waals surface area contributed by atoms with Crippen molar-refractivity contribution < 1.29 is 4.39 Å². The molecule has 0 amide bonds. The Bertz CT molecular complexity index is 1480. The first-order valence-corrected chi connectivity index (χ1v) is 11.0. The van der Waals surface area contributed by atoms with Crippen LogP contribution in [0.2, 0.25) is 0 Å². The molecule has 0 aliphatic carbocycles. The maximum Gasteiger partial charge on any atom is 0.161 e. The molecular weight excluding hydrogens is 419 g/mol. The minimum Gasteiger partial charge on any atom is -0.367 e. The second-order valence-corrected chi connectivity index (χ2v) is 8.52. The second kappa shape index (κ2) is 7.63. The van der Waals surface area contributed by atoms with Gasteiger partial charge in [0.2, 0.25) is 0 Å². The SMILES string of the molecule is Cc1ccncc1-c1ncc2[nH]nc(-c3nc4c(N5CCN(C)CC5)cccc4[nH]3)c2c1F. The van der Waals surface area contributed by atoms with Crippen LogP contribution in [0.25, 0.3) is 44.7 Å². The molecule has 5 heterocycles.